The third kappa shape index (κ3) is 2.53. The third-order valence-electron chi connectivity index (χ3n) is 3.61. The van der Waals surface area contributed by atoms with Gasteiger partial charge in [-0.3, -0.25) is 0 Å². The second-order valence-electron chi connectivity index (χ2n) is 4.55. The number of rotatable bonds is 4. The Morgan fingerprint density at radius 2 is 1.88 bits per heavy atom. The van der Waals surface area contributed by atoms with Crippen molar-refractivity contribution in [2.24, 2.45) is 0 Å². The highest BCUT2D eigenvalue weighted by Gasteiger charge is 2.36. The minimum atomic E-state index is -0.112. The van der Waals surface area contributed by atoms with Crippen molar-refractivity contribution in [2.45, 2.75) is 38.7 Å². The van der Waals surface area contributed by atoms with Crippen LogP contribution in [-0.2, 0) is 21.5 Å². The lowest BCUT2D eigenvalue weighted by atomic mass is 9.82. The molecule has 2 heteroatoms. The number of aryl methyl sites for hydroxylation is 1. The molecular weight excluding hydrogens is 212 g/mol. The Kier molecular flexibility index (Phi) is 4.19. The molecule has 1 aromatic rings. The van der Waals surface area contributed by atoms with Gasteiger partial charge in [0.2, 0.25) is 0 Å². The molecule has 1 fully saturated rings. The normalized spacial score (nSPS) is 19.2. The largest absolute Gasteiger partial charge is 0.381 e. The van der Waals surface area contributed by atoms with Crippen molar-refractivity contribution in [1.29, 1.82) is 0 Å². The minimum Gasteiger partial charge on any atom is -0.381 e. The summed E-state index contributed by atoms with van der Waals surface area (Å²) in [4.78, 5) is 0. The standard InChI is InChI=1S/C15H22O2/c1-3-13-7-5-6-8-14(13)15(17-4-2)9-11-16-12-10-15/h5-8H,3-4,9-12H2,1-2H3. The zero-order valence-electron chi connectivity index (χ0n) is 10.9. The minimum absolute atomic E-state index is 0.112. The van der Waals surface area contributed by atoms with Gasteiger partial charge in [0, 0.05) is 32.7 Å². The van der Waals surface area contributed by atoms with Crippen molar-refractivity contribution in [2.75, 3.05) is 19.8 Å². The van der Waals surface area contributed by atoms with E-state index in [0.717, 1.165) is 39.1 Å². The van der Waals surface area contributed by atoms with Gasteiger partial charge in [-0.05, 0) is 24.5 Å². The molecule has 0 radical (unpaired) electrons. The first-order chi connectivity index (χ1) is 8.32. The number of hydrogen-bond donors (Lipinski definition) is 0. The molecule has 1 saturated heterocycles. The number of benzene rings is 1. The van der Waals surface area contributed by atoms with E-state index in [-0.39, 0.29) is 5.60 Å². The van der Waals surface area contributed by atoms with E-state index >= 15 is 0 Å². The van der Waals surface area contributed by atoms with E-state index in [2.05, 4.69) is 38.1 Å². The van der Waals surface area contributed by atoms with Crippen LogP contribution in [0.25, 0.3) is 0 Å². The fourth-order valence-corrected chi connectivity index (χ4v) is 2.74. The zero-order valence-corrected chi connectivity index (χ0v) is 10.9. The zero-order chi connectivity index (χ0) is 12.1. The first-order valence-electron chi connectivity index (χ1n) is 6.62. The maximum atomic E-state index is 6.12. The van der Waals surface area contributed by atoms with Crippen LogP contribution in [0.3, 0.4) is 0 Å². The van der Waals surface area contributed by atoms with Crippen LogP contribution in [0.2, 0.25) is 0 Å². The summed E-state index contributed by atoms with van der Waals surface area (Å²) in [7, 11) is 0. The molecule has 94 valence electrons. The van der Waals surface area contributed by atoms with Crippen LogP contribution in [0.5, 0.6) is 0 Å². The van der Waals surface area contributed by atoms with Gasteiger partial charge in [-0.15, -0.1) is 0 Å². The maximum Gasteiger partial charge on any atom is 0.0977 e. The lowest BCUT2D eigenvalue weighted by Crippen LogP contribution is -2.37. The summed E-state index contributed by atoms with van der Waals surface area (Å²) in [6, 6.07) is 8.66. The Hall–Kier alpha value is -0.860. The summed E-state index contributed by atoms with van der Waals surface area (Å²) in [5, 5.41) is 0. The van der Waals surface area contributed by atoms with Crippen LogP contribution in [-0.4, -0.2) is 19.8 Å². The van der Waals surface area contributed by atoms with Crippen LogP contribution >= 0.6 is 0 Å². The van der Waals surface area contributed by atoms with Gasteiger partial charge in [0.15, 0.2) is 0 Å². The molecule has 0 unspecified atom stereocenters. The monoisotopic (exact) mass is 234 g/mol. The van der Waals surface area contributed by atoms with Crippen LogP contribution in [0, 0.1) is 0 Å². The maximum absolute atomic E-state index is 6.12. The van der Waals surface area contributed by atoms with Gasteiger partial charge in [0.1, 0.15) is 0 Å². The van der Waals surface area contributed by atoms with Crippen LogP contribution in [0.4, 0.5) is 0 Å². The SMILES string of the molecule is CCOC1(c2ccccc2CC)CCOCC1. The molecule has 2 rings (SSSR count). The highest BCUT2D eigenvalue weighted by atomic mass is 16.5. The van der Waals surface area contributed by atoms with Crippen molar-refractivity contribution >= 4 is 0 Å². The van der Waals surface area contributed by atoms with Gasteiger partial charge in [-0.25, -0.2) is 0 Å². The average molecular weight is 234 g/mol. The van der Waals surface area contributed by atoms with Crippen molar-refractivity contribution < 1.29 is 9.47 Å². The van der Waals surface area contributed by atoms with E-state index in [1.54, 1.807) is 0 Å². The van der Waals surface area contributed by atoms with E-state index in [1.807, 2.05) is 0 Å². The van der Waals surface area contributed by atoms with Crippen molar-refractivity contribution in [3.05, 3.63) is 35.4 Å². The molecule has 0 aliphatic carbocycles. The Morgan fingerprint density at radius 1 is 1.18 bits per heavy atom. The first kappa shape index (κ1) is 12.6. The molecule has 0 saturated carbocycles. The molecule has 0 N–H and O–H groups in total. The molecule has 1 aliphatic rings. The van der Waals surface area contributed by atoms with Gasteiger partial charge in [0.25, 0.3) is 0 Å². The quantitative estimate of drug-likeness (QED) is 0.796. The van der Waals surface area contributed by atoms with E-state index in [4.69, 9.17) is 9.47 Å². The van der Waals surface area contributed by atoms with Gasteiger partial charge >= 0.3 is 0 Å². The molecule has 17 heavy (non-hydrogen) atoms. The summed E-state index contributed by atoms with van der Waals surface area (Å²) >= 11 is 0. The molecule has 0 amide bonds. The van der Waals surface area contributed by atoms with Crippen molar-refractivity contribution in [3.8, 4) is 0 Å². The molecular formula is C15H22O2. The Morgan fingerprint density at radius 3 is 2.53 bits per heavy atom. The van der Waals surface area contributed by atoms with Crippen LogP contribution in [0.1, 0.15) is 37.8 Å². The summed E-state index contributed by atoms with van der Waals surface area (Å²) in [6.07, 6.45) is 3.00. The second kappa shape index (κ2) is 5.65. The summed E-state index contributed by atoms with van der Waals surface area (Å²) in [6.45, 7) is 6.65. The molecule has 0 atom stereocenters. The van der Waals surface area contributed by atoms with E-state index in [1.165, 1.54) is 11.1 Å². The molecule has 1 aromatic carbocycles. The van der Waals surface area contributed by atoms with Crippen LogP contribution < -0.4 is 0 Å². The molecule has 0 spiro atoms. The van der Waals surface area contributed by atoms with Gasteiger partial charge in [-0.2, -0.15) is 0 Å². The Bertz CT molecular complexity index is 348. The van der Waals surface area contributed by atoms with Gasteiger partial charge in [-0.1, -0.05) is 31.2 Å². The highest BCUT2D eigenvalue weighted by molar-refractivity contribution is 5.33. The fourth-order valence-electron chi connectivity index (χ4n) is 2.74. The van der Waals surface area contributed by atoms with E-state index in [9.17, 15) is 0 Å². The Labute approximate surface area is 104 Å². The highest BCUT2D eigenvalue weighted by Crippen LogP contribution is 2.37. The fraction of sp³-hybridized carbons (Fsp3) is 0.600. The molecule has 2 nitrogen and oxygen atoms in total. The predicted octanol–water partition coefficient (Wildman–Crippen LogP) is 3.29. The molecule has 0 aromatic heterocycles. The molecule has 1 aliphatic heterocycles. The topological polar surface area (TPSA) is 18.5 Å². The molecule has 0 bridgehead atoms. The van der Waals surface area contributed by atoms with Gasteiger partial charge in [0.05, 0.1) is 5.60 Å². The Balaban J connectivity index is 2.37. The van der Waals surface area contributed by atoms with Gasteiger partial charge < -0.3 is 9.47 Å². The summed E-state index contributed by atoms with van der Waals surface area (Å²) < 4.78 is 11.6. The van der Waals surface area contributed by atoms with Crippen molar-refractivity contribution in [3.63, 3.8) is 0 Å². The average Bonchev–Trinajstić information content (AvgIpc) is 2.40. The molecule has 1 heterocycles. The lowest BCUT2D eigenvalue weighted by Gasteiger charge is -2.38. The predicted molar refractivity (Wildman–Crippen MR) is 69.2 cm³/mol. The summed E-state index contributed by atoms with van der Waals surface area (Å²) in [5.74, 6) is 0. The lowest BCUT2D eigenvalue weighted by molar-refractivity contribution is -0.113. The first-order valence-corrected chi connectivity index (χ1v) is 6.62. The van der Waals surface area contributed by atoms with E-state index < -0.39 is 0 Å². The van der Waals surface area contributed by atoms with Crippen LogP contribution in [0.15, 0.2) is 24.3 Å². The number of hydrogen-bond acceptors (Lipinski definition) is 2. The summed E-state index contributed by atoms with van der Waals surface area (Å²) in [5.41, 5.74) is 2.66. The number of ether oxygens (including phenoxy) is 2. The van der Waals surface area contributed by atoms with Crippen molar-refractivity contribution in [1.82, 2.24) is 0 Å². The third-order valence-corrected chi connectivity index (χ3v) is 3.61. The van der Waals surface area contributed by atoms with E-state index in [0.29, 0.717) is 0 Å². The smallest absolute Gasteiger partial charge is 0.0977 e. The second-order valence-corrected chi connectivity index (χ2v) is 4.55.